The molecule has 320 valence electrons. The first-order valence-corrected chi connectivity index (χ1v) is 23.5. The number of carboxylic acid groups (broad SMARTS) is 2. The third-order valence-corrected chi connectivity index (χ3v) is 10.9. The lowest BCUT2D eigenvalue weighted by molar-refractivity contribution is -0.145. The Kier molecular flexibility index (Phi) is 40.9. The second-order valence-corrected chi connectivity index (χ2v) is 16.3. The van der Waals surface area contributed by atoms with Gasteiger partial charge in [-0.25, -0.2) is 0 Å². The van der Waals surface area contributed by atoms with E-state index in [-0.39, 0.29) is 11.9 Å². The molecular formula is C49H88O6. The van der Waals surface area contributed by atoms with Gasteiger partial charge in [0.25, 0.3) is 0 Å². The summed E-state index contributed by atoms with van der Waals surface area (Å²) in [6.07, 6.45) is 42.6. The fraction of sp³-hybridized carbons (Fsp3) is 0.816. The highest BCUT2D eigenvalue weighted by molar-refractivity contribution is 5.70. The smallest absolute Gasteiger partial charge is 0.306 e. The van der Waals surface area contributed by atoms with E-state index >= 15 is 0 Å². The average molecular weight is 773 g/mol. The van der Waals surface area contributed by atoms with Crippen molar-refractivity contribution in [3.8, 4) is 0 Å². The summed E-state index contributed by atoms with van der Waals surface area (Å²) in [6, 6.07) is 9.85. The fourth-order valence-corrected chi connectivity index (χ4v) is 7.27. The van der Waals surface area contributed by atoms with Gasteiger partial charge in [-0.3, -0.25) is 14.4 Å². The van der Waals surface area contributed by atoms with Crippen molar-refractivity contribution in [3.05, 3.63) is 35.9 Å². The Hall–Kier alpha value is -2.37. The second kappa shape index (κ2) is 42.8. The lowest BCUT2D eigenvalue weighted by atomic mass is 9.94. The van der Waals surface area contributed by atoms with Gasteiger partial charge in [0, 0.05) is 12.8 Å². The molecule has 0 spiro atoms. The van der Waals surface area contributed by atoms with E-state index in [0.717, 1.165) is 56.9 Å². The van der Waals surface area contributed by atoms with Crippen LogP contribution in [0.4, 0.5) is 0 Å². The average Bonchev–Trinajstić information content (AvgIpc) is 3.18. The largest absolute Gasteiger partial charge is 0.481 e. The molecular weight excluding hydrogens is 685 g/mol. The molecule has 1 aromatic carbocycles. The molecule has 1 aromatic rings. The molecule has 0 fully saturated rings. The Balaban J connectivity index is 0.00000118. The first-order chi connectivity index (χ1) is 26.9. The van der Waals surface area contributed by atoms with Crippen LogP contribution < -0.4 is 0 Å². The maximum Gasteiger partial charge on any atom is 0.306 e. The van der Waals surface area contributed by atoms with Crippen LogP contribution in [0, 0.1) is 5.92 Å². The number of benzene rings is 1. The van der Waals surface area contributed by atoms with Gasteiger partial charge in [-0.1, -0.05) is 237 Å². The highest BCUT2D eigenvalue weighted by Crippen LogP contribution is 2.20. The van der Waals surface area contributed by atoms with E-state index < -0.39 is 11.9 Å². The summed E-state index contributed by atoms with van der Waals surface area (Å²) in [4.78, 5) is 33.6. The summed E-state index contributed by atoms with van der Waals surface area (Å²) in [7, 11) is 0. The number of aliphatic carboxylic acids is 2. The molecule has 0 amide bonds. The molecule has 0 saturated carbocycles. The Labute approximate surface area is 339 Å². The first-order valence-electron chi connectivity index (χ1n) is 23.5. The van der Waals surface area contributed by atoms with Crippen molar-refractivity contribution >= 4 is 17.9 Å². The Morgan fingerprint density at radius 1 is 0.455 bits per heavy atom. The van der Waals surface area contributed by atoms with Crippen molar-refractivity contribution in [2.75, 3.05) is 0 Å². The lowest BCUT2D eigenvalue weighted by Crippen LogP contribution is -2.13. The molecule has 0 aromatic heterocycles. The third-order valence-electron chi connectivity index (χ3n) is 10.9. The minimum absolute atomic E-state index is 0.0678. The number of rotatable bonds is 40. The van der Waals surface area contributed by atoms with Crippen molar-refractivity contribution in [1.82, 2.24) is 0 Å². The van der Waals surface area contributed by atoms with Crippen LogP contribution in [0.2, 0.25) is 0 Å². The maximum atomic E-state index is 11.6. The molecule has 0 heterocycles. The quantitative estimate of drug-likeness (QED) is 0.0509. The van der Waals surface area contributed by atoms with Gasteiger partial charge >= 0.3 is 17.9 Å². The zero-order valence-electron chi connectivity index (χ0n) is 36.2. The normalized spacial score (nSPS) is 11.5. The summed E-state index contributed by atoms with van der Waals surface area (Å²) < 4.78 is 5.26. The molecule has 6 heteroatoms. The summed E-state index contributed by atoms with van der Waals surface area (Å²) >= 11 is 0. The van der Waals surface area contributed by atoms with E-state index in [2.05, 4.69) is 13.8 Å². The monoisotopic (exact) mass is 773 g/mol. The minimum atomic E-state index is -0.675. The molecule has 1 unspecified atom stereocenters. The number of carbonyl (C=O) groups is 3. The standard InChI is InChI=1S/C30H58O4.C19H30O2/c1-2-3-4-5-6-7-13-16-19-22-25-28(30(33)34)26-23-20-17-14-11-9-8-10-12-15-18-21-24-27-29(31)32;1-2-3-4-5-6-7-8-9-13-16-19(20)21-17-18-14-11-10-12-15-18/h28H,2-27H2,1H3,(H,31,32)(H,33,34);10-12,14-15H,2-9,13,16-17H2,1H3. The van der Waals surface area contributed by atoms with Gasteiger partial charge in [0.2, 0.25) is 0 Å². The second-order valence-electron chi connectivity index (χ2n) is 16.3. The molecule has 0 saturated heterocycles. The zero-order chi connectivity index (χ0) is 40.3. The molecule has 55 heavy (non-hydrogen) atoms. The highest BCUT2D eigenvalue weighted by atomic mass is 16.5. The third kappa shape index (κ3) is 41.1. The molecule has 6 nitrogen and oxygen atoms in total. The number of carbonyl (C=O) groups excluding carboxylic acids is 1. The van der Waals surface area contributed by atoms with Crippen LogP contribution in [0.25, 0.3) is 0 Å². The van der Waals surface area contributed by atoms with Crippen molar-refractivity contribution in [3.63, 3.8) is 0 Å². The van der Waals surface area contributed by atoms with Gasteiger partial charge in [0.1, 0.15) is 6.61 Å². The van der Waals surface area contributed by atoms with Gasteiger partial charge in [0.15, 0.2) is 0 Å². The molecule has 1 rings (SSSR count). The molecule has 0 aliphatic heterocycles. The number of hydrogen-bond acceptors (Lipinski definition) is 4. The molecule has 1 atom stereocenters. The summed E-state index contributed by atoms with van der Waals surface area (Å²) in [5, 5.41) is 18.1. The van der Waals surface area contributed by atoms with Gasteiger partial charge in [-0.15, -0.1) is 0 Å². The minimum Gasteiger partial charge on any atom is -0.481 e. The highest BCUT2D eigenvalue weighted by Gasteiger charge is 2.16. The predicted molar refractivity (Wildman–Crippen MR) is 233 cm³/mol. The summed E-state index contributed by atoms with van der Waals surface area (Å²) in [5.74, 6) is -1.45. The molecule has 2 N–H and O–H groups in total. The van der Waals surface area contributed by atoms with Gasteiger partial charge in [0.05, 0.1) is 5.92 Å². The molecule has 0 aliphatic rings. The SMILES string of the molecule is CCCCCCCCCCCC(=O)OCc1ccccc1.CCCCCCCCCCCCC(CCCCCCCCCCCCCCCC(=O)O)C(=O)O. The molecule has 0 radical (unpaired) electrons. The topological polar surface area (TPSA) is 101 Å². The van der Waals surface area contributed by atoms with E-state index in [1.54, 1.807) is 0 Å². The zero-order valence-corrected chi connectivity index (χ0v) is 36.2. The van der Waals surface area contributed by atoms with Crippen LogP contribution in [0.1, 0.15) is 251 Å². The van der Waals surface area contributed by atoms with Crippen LogP contribution in [-0.4, -0.2) is 28.1 Å². The number of esters is 1. The number of ether oxygens (including phenoxy) is 1. The van der Waals surface area contributed by atoms with Crippen LogP contribution in [-0.2, 0) is 25.7 Å². The van der Waals surface area contributed by atoms with E-state index in [0.29, 0.717) is 19.4 Å². The lowest BCUT2D eigenvalue weighted by Gasteiger charge is -2.12. The van der Waals surface area contributed by atoms with Crippen molar-refractivity contribution in [2.45, 2.75) is 252 Å². The van der Waals surface area contributed by atoms with Crippen molar-refractivity contribution in [1.29, 1.82) is 0 Å². The summed E-state index contributed by atoms with van der Waals surface area (Å²) in [6.45, 7) is 4.90. The van der Waals surface area contributed by atoms with Crippen LogP contribution in [0.3, 0.4) is 0 Å². The van der Waals surface area contributed by atoms with Gasteiger partial charge in [-0.2, -0.15) is 0 Å². The van der Waals surface area contributed by atoms with Crippen LogP contribution >= 0.6 is 0 Å². The van der Waals surface area contributed by atoms with Crippen molar-refractivity contribution in [2.24, 2.45) is 5.92 Å². The van der Waals surface area contributed by atoms with Crippen LogP contribution in [0.5, 0.6) is 0 Å². The first kappa shape index (κ1) is 52.6. The van der Waals surface area contributed by atoms with E-state index in [1.165, 1.54) is 167 Å². The van der Waals surface area contributed by atoms with Crippen molar-refractivity contribution < 1.29 is 29.3 Å². The van der Waals surface area contributed by atoms with Crippen LogP contribution in [0.15, 0.2) is 30.3 Å². The predicted octanol–water partition coefficient (Wildman–Crippen LogP) is 15.6. The maximum absolute atomic E-state index is 11.6. The number of hydrogen-bond donors (Lipinski definition) is 2. The fourth-order valence-electron chi connectivity index (χ4n) is 7.27. The molecule has 0 aliphatic carbocycles. The summed E-state index contributed by atoms with van der Waals surface area (Å²) in [5.41, 5.74) is 1.05. The van der Waals surface area contributed by atoms with Gasteiger partial charge in [-0.05, 0) is 31.2 Å². The Morgan fingerprint density at radius 2 is 0.782 bits per heavy atom. The number of carboxylic acids is 2. The Morgan fingerprint density at radius 3 is 1.13 bits per heavy atom. The van der Waals surface area contributed by atoms with E-state index in [9.17, 15) is 19.5 Å². The van der Waals surface area contributed by atoms with E-state index in [1.807, 2.05) is 30.3 Å². The van der Waals surface area contributed by atoms with Gasteiger partial charge < -0.3 is 14.9 Å². The Bertz CT molecular complexity index is 963. The number of unbranched alkanes of at least 4 members (excludes halogenated alkanes) is 29. The van der Waals surface area contributed by atoms with E-state index in [4.69, 9.17) is 9.84 Å². The molecule has 0 bridgehead atoms.